The van der Waals surface area contributed by atoms with Gasteiger partial charge in [0.05, 0.1) is 12.0 Å². The highest BCUT2D eigenvalue weighted by molar-refractivity contribution is 5.78. The molecule has 1 heterocycles. The van der Waals surface area contributed by atoms with Crippen LogP contribution in [0.3, 0.4) is 0 Å². The van der Waals surface area contributed by atoms with Gasteiger partial charge in [-0.05, 0) is 26.7 Å². The van der Waals surface area contributed by atoms with Crippen molar-refractivity contribution < 1.29 is 28.6 Å². The molecule has 0 radical (unpaired) electrons. The fourth-order valence-corrected chi connectivity index (χ4v) is 1.82. The number of esters is 1. The van der Waals surface area contributed by atoms with Gasteiger partial charge in [0.2, 0.25) is 5.91 Å². The second-order valence-corrected chi connectivity index (χ2v) is 5.80. The predicted molar refractivity (Wildman–Crippen MR) is 78.1 cm³/mol. The Morgan fingerprint density at radius 3 is 2.36 bits per heavy atom. The van der Waals surface area contributed by atoms with Crippen molar-refractivity contribution in [3.63, 3.8) is 0 Å². The maximum atomic E-state index is 11.7. The second-order valence-electron chi connectivity index (χ2n) is 5.80. The molecular weight excluding hydrogens is 290 g/mol. The number of nitrogens with zero attached hydrogens (tertiary/aromatic N) is 1. The fourth-order valence-electron chi connectivity index (χ4n) is 1.82. The van der Waals surface area contributed by atoms with Crippen LogP contribution in [0.25, 0.3) is 0 Å². The average Bonchev–Trinajstić information content (AvgIpc) is 2.88. The Hall–Kier alpha value is -1.79. The van der Waals surface area contributed by atoms with Gasteiger partial charge in [0.15, 0.2) is 0 Å². The number of carbonyl (C=O) groups is 3. The van der Waals surface area contributed by atoms with E-state index in [-0.39, 0.29) is 31.7 Å². The normalized spacial score (nSPS) is 14.9. The predicted octanol–water partition coefficient (Wildman–Crippen LogP) is 1.74. The maximum absolute atomic E-state index is 11.7. The summed E-state index contributed by atoms with van der Waals surface area (Å²) >= 11 is 0. The van der Waals surface area contributed by atoms with Gasteiger partial charge in [-0.3, -0.25) is 9.59 Å². The van der Waals surface area contributed by atoms with Crippen molar-refractivity contribution >= 4 is 18.0 Å². The summed E-state index contributed by atoms with van der Waals surface area (Å²) in [5.41, 5.74) is -0.539. The zero-order chi connectivity index (χ0) is 16.6. The smallest absolute Gasteiger partial charge is 0.462 e. The molecule has 0 aromatic rings. The van der Waals surface area contributed by atoms with Gasteiger partial charge < -0.3 is 19.1 Å². The average molecular weight is 315 g/mol. The van der Waals surface area contributed by atoms with Crippen LogP contribution in [0.15, 0.2) is 0 Å². The van der Waals surface area contributed by atoms with E-state index in [0.29, 0.717) is 25.9 Å². The van der Waals surface area contributed by atoms with E-state index >= 15 is 0 Å². The van der Waals surface area contributed by atoms with E-state index in [2.05, 4.69) is 0 Å². The van der Waals surface area contributed by atoms with Crippen molar-refractivity contribution in [3.05, 3.63) is 0 Å². The highest BCUT2D eigenvalue weighted by Gasteiger charge is 2.27. The first-order chi connectivity index (χ1) is 10.4. The molecule has 0 spiro atoms. The topological polar surface area (TPSA) is 82.1 Å². The van der Waals surface area contributed by atoms with E-state index < -0.39 is 11.6 Å². The van der Waals surface area contributed by atoms with Gasteiger partial charge in [-0.15, -0.1) is 0 Å². The van der Waals surface area contributed by atoms with Crippen LogP contribution >= 0.6 is 0 Å². The lowest BCUT2D eigenvalue weighted by atomic mass is 9.91. The van der Waals surface area contributed by atoms with Crippen LogP contribution < -0.4 is 0 Å². The van der Waals surface area contributed by atoms with Crippen LogP contribution in [-0.4, -0.2) is 55.8 Å². The van der Waals surface area contributed by atoms with Crippen molar-refractivity contribution in [2.24, 2.45) is 5.41 Å². The van der Waals surface area contributed by atoms with E-state index in [1.807, 2.05) is 6.92 Å². The second kappa shape index (κ2) is 8.60. The van der Waals surface area contributed by atoms with Crippen LogP contribution in [0.4, 0.5) is 4.79 Å². The third-order valence-electron chi connectivity index (χ3n) is 3.73. The molecule has 0 aromatic carbocycles. The molecule has 1 amide bonds. The van der Waals surface area contributed by atoms with E-state index in [0.717, 1.165) is 6.42 Å². The van der Waals surface area contributed by atoms with Crippen molar-refractivity contribution in [3.8, 4) is 0 Å². The quantitative estimate of drug-likeness (QED) is 0.501. The van der Waals surface area contributed by atoms with Gasteiger partial charge in [0.25, 0.3) is 0 Å². The molecule has 7 nitrogen and oxygen atoms in total. The van der Waals surface area contributed by atoms with Gasteiger partial charge >= 0.3 is 12.1 Å². The summed E-state index contributed by atoms with van der Waals surface area (Å²) in [6, 6.07) is 0. The van der Waals surface area contributed by atoms with E-state index in [9.17, 15) is 14.4 Å². The molecule has 0 saturated carbocycles. The van der Waals surface area contributed by atoms with E-state index in [1.54, 1.807) is 18.7 Å². The number of likely N-dealkylation sites (tertiary alicyclic amines) is 1. The molecule has 1 aliphatic rings. The first-order valence-electron chi connectivity index (χ1n) is 7.61. The number of hydrogen-bond acceptors (Lipinski definition) is 6. The maximum Gasteiger partial charge on any atom is 0.508 e. The molecule has 7 heteroatoms. The third kappa shape index (κ3) is 5.91. The van der Waals surface area contributed by atoms with Crippen molar-refractivity contribution in [1.29, 1.82) is 0 Å². The number of hydrogen-bond donors (Lipinski definition) is 0. The number of carbonyl (C=O) groups excluding carboxylic acids is 3. The molecule has 0 unspecified atom stereocenters. The molecule has 0 aliphatic carbocycles. The monoisotopic (exact) mass is 315 g/mol. The Bertz CT molecular complexity index is 407. The highest BCUT2D eigenvalue weighted by atomic mass is 16.7. The Morgan fingerprint density at radius 2 is 1.77 bits per heavy atom. The third-order valence-corrected chi connectivity index (χ3v) is 3.73. The highest BCUT2D eigenvalue weighted by Crippen LogP contribution is 2.21. The lowest BCUT2D eigenvalue weighted by Crippen LogP contribution is -2.29. The number of amides is 1. The lowest BCUT2D eigenvalue weighted by Gasteiger charge is -2.20. The minimum Gasteiger partial charge on any atom is -0.462 e. The molecule has 0 atom stereocenters. The minimum atomic E-state index is -0.822. The summed E-state index contributed by atoms with van der Waals surface area (Å²) in [5, 5.41) is 0. The summed E-state index contributed by atoms with van der Waals surface area (Å²) in [6.45, 7) is 6.64. The fraction of sp³-hybridized carbons (Fsp3) is 0.800. The van der Waals surface area contributed by atoms with Crippen LogP contribution in [-0.2, 0) is 23.8 Å². The lowest BCUT2D eigenvalue weighted by molar-refractivity contribution is -0.155. The minimum absolute atomic E-state index is 0.00196. The van der Waals surface area contributed by atoms with Crippen LogP contribution in [0.2, 0.25) is 0 Å². The van der Waals surface area contributed by atoms with E-state index in [4.69, 9.17) is 14.2 Å². The van der Waals surface area contributed by atoms with Gasteiger partial charge in [0, 0.05) is 13.0 Å². The first-order valence-corrected chi connectivity index (χ1v) is 7.61. The van der Waals surface area contributed by atoms with Crippen molar-refractivity contribution in [2.75, 3.05) is 32.9 Å². The van der Waals surface area contributed by atoms with Gasteiger partial charge in [0.1, 0.15) is 19.8 Å². The summed E-state index contributed by atoms with van der Waals surface area (Å²) < 4.78 is 14.7. The number of ether oxygens (including phenoxy) is 3. The standard InChI is InChI=1S/C15H25NO6/c1-4-15(2,3)13(18)20-10-11-22-14(19)21-9-8-16-7-5-6-12(16)17/h4-11H2,1-3H3. The number of rotatable bonds is 8. The summed E-state index contributed by atoms with van der Waals surface area (Å²) in [7, 11) is 0. The molecule has 126 valence electrons. The Morgan fingerprint density at radius 1 is 1.14 bits per heavy atom. The van der Waals surface area contributed by atoms with Crippen LogP contribution in [0.1, 0.15) is 40.0 Å². The SMILES string of the molecule is CCC(C)(C)C(=O)OCCOC(=O)OCCN1CCCC1=O. The first kappa shape index (κ1) is 18.3. The molecule has 1 fully saturated rings. The summed E-state index contributed by atoms with van der Waals surface area (Å²) in [4.78, 5) is 36.0. The molecule has 0 bridgehead atoms. The molecule has 1 rings (SSSR count). The molecule has 0 aromatic heterocycles. The zero-order valence-electron chi connectivity index (χ0n) is 13.6. The van der Waals surface area contributed by atoms with E-state index in [1.165, 1.54) is 0 Å². The van der Waals surface area contributed by atoms with Crippen LogP contribution in [0, 0.1) is 5.41 Å². The molecule has 1 aliphatic heterocycles. The Balaban J connectivity index is 2.06. The Kier molecular flexibility index (Phi) is 7.14. The van der Waals surface area contributed by atoms with Crippen LogP contribution in [0.5, 0.6) is 0 Å². The Labute approximate surface area is 130 Å². The summed E-state index contributed by atoms with van der Waals surface area (Å²) in [6.07, 6.45) is 1.26. The molecule has 0 N–H and O–H groups in total. The van der Waals surface area contributed by atoms with Crippen molar-refractivity contribution in [1.82, 2.24) is 4.90 Å². The zero-order valence-corrected chi connectivity index (χ0v) is 13.6. The van der Waals surface area contributed by atoms with Gasteiger partial charge in [-0.25, -0.2) is 4.79 Å². The molecular formula is C15H25NO6. The summed E-state index contributed by atoms with van der Waals surface area (Å²) in [5.74, 6) is -0.234. The molecule has 1 saturated heterocycles. The largest absolute Gasteiger partial charge is 0.508 e. The van der Waals surface area contributed by atoms with Gasteiger partial charge in [-0.1, -0.05) is 6.92 Å². The molecule has 22 heavy (non-hydrogen) atoms. The van der Waals surface area contributed by atoms with Gasteiger partial charge in [-0.2, -0.15) is 0 Å². The van der Waals surface area contributed by atoms with Crippen molar-refractivity contribution in [2.45, 2.75) is 40.0 Å².